The van der Waals surface area contributed by atoms with E-state index < -0.39 is 0 Å². The summed E-state index contributed by atoms with van der Waals surface area (Å²) in [5.74, 6) is 0. The fourth-order valence-corrected chi connectivity index (χ4v) is 4.19. The van der Waals surface area contributed by atoms with Crippen molar-refractivity contribution >= 4 is 33.9 Å². The number of aryl methyl sites for hydroxylation is 2. The van der Waals surface area contributed by atoms with Gasteiger partial charge in [-0.1, -0.05) is 67.6 Å². The van der Waals surface area contributed by atoms with E-state index in [2.05, 4.69) is 114 Å². The van der Waals surface area contributed by atoms with Gasteiger partial charge in [-0.2, -0.15) is 0 Å². The second kappa shape index (κ2) is 9.80. The Morgan fingerprint density at radius 2 is 1.55 bits per heavy atom. The molecule has 0 atom stereocenters. The molecule has 1 aromatic heterocycles. The van der Waals surface area contributed by atoms with E-state index in [1.807, 2.05) is 0 Å². The van der Waals surface area contributed by atoms with Crippen molar-refractivity contribution in [3.8, 4) is 0 Å². The van der Waals surface area contributed by atoms with E-state index in [1.165, 1.54) is 27.6 Å². The van der Waals surface area contributed by atoms with Crippen molar-refractivity contribution in [1.82, 2.24) is 9.47 Å². The molecule has 1 heterocycles. The van der Waals surface area contributed by atoms with Gasteiger partial charge in [-0.15, -0.1) is 0 Å². The standard InChI is InChI=1S/C27H29N3S/c1-3-21-14-16-24(17-15-21)28-27(31)30(18-22-10-6-5-7-11-22)20-23-19-29(4-2)26-13-9-8-12-25(23)26/h5-17,19H,3-4,18,20H2,1-2H3,(H,28,31). The third kappa shape index (κ3) is 4.97. The Kier molecular flexibility index (Phi) is 6.68. The molecular formula is C27H29N3S. The highest BCUT2D eigenvalue weighted by atomic mass is 32.1. The van der Waals surface area contributed by atoms with Crippen LogP contribution in [0.3, 0.4) is 0 Å². The first-order valence-electron chi connectivity index (χ1n) is 10.9. The van der Waals surface area contributed by atoms with Gasteiger partial charge in [-0.05, 0) is 60.5 Å². The topological polar surface area (TPSA) is 20.2 Å². The predicted molar refractivity (Wildman–Crippen MR) is 135 cm³/mol. The molecule has 0 aliphatic carbocycles. The molecule has 0 unspecified atom stereocenters. The van der Waals surface area contributed by atoms with Gasteiger partial charge in [0.25, 0.3) is 0 Å². The summed E-state index contributed by atoms with van der Waals surface area (Å²) in [5, 5.41) is 5.48. The maximum absolute atomic E-state index is 5.88. The van der Waals surface area contributed by atoms with Gasteiger partial charge in [0.2, 0.25) is 0 Å². The number of hydrogen-bond donors (Lipinski definition) is 1. The van der Waals surface area contributed by atoms with Crippen LogP contribution in [0, 0.1) is 0 Å². The lowest BCUT2D eigenvalue weighted by molar-refractivity contribution is 0.414. The molecule has 158 valence electrons. The number of rotatable bonds is 7. The molecule has 0 aliphatic heterocycles. The monoisotopic (exact) mass is 427 g/mol. The van der Waals surface area contributed by atoms with Gasteiger partial charge in [-0.25, -0.2) is 0 Å². The first-order chi connectivity index (χ1) is 15.2. The van der Waals surface area contributed by atoms with Crippen LogP contribution in [0.5, 0.6) is 0 Å². The molecule has 0 saturated carbocycles. The van der Waals surface area contributed by atoms with Gasteiger partial charge in [0, 0.05) is 42.4 Å². The number of fused-ring (bicyclic) bond motifs is 1. The molecule has 3 nitrogen and oxygen atoms in total. The van der Waals surface area contributed by atoms with Crippen LogP contribution in [0.1, 0.15) is 30.5 Å². The van der Waals surface area contributed by atoms with Crippen molar-refractivity contribution in [1.29, 1.82) is 0 Å². The normalized spacial score (nSPS) is 10.9. The Morgan fingerprint density at radius 1 is 0.839 bits per heavy atom. The second-order valence-corrected chi connectivity index (χ2v) is 8.17. The maximum atomic E-state index is 5.88. The maximum Gasteiger partial charge on any atom is 0.174 e. The quantitative estimate of drug-likeness (QED) is 0.335. The molecule has 4 aromatic rings. The number of benzene rings is 3. The van der Waals surface area contributed by atoms with Gasteiger partial charge < -0.3 is 14.8 Å². The van der Waals surface area contributed by atoms with Crippen molar-refractivity contribution < 1.29 is 0 Å². The van der Waals surface area contributed by atoms with Crippen molar-refractivity contribution in [2.24, 2.45) is 0 Å². The van der Waals surface area contributed by atoms with Crippen molar-refractivity contribution in [3.05, 3.63) is 102 Å². The summed E-state index contributed by atoms with van der Waals surface area (Å²) >= 11 is 5.88. The first kappa shape index (κ1) is 21.1. The molecule has 4 heteroatoms. The average molecular weight is 428 g/mol. The van der Waals surface area contributed by atoms with Gasteiger partial charge in [0.1, 0.15) is 0 Å². The Bertz CT molecular complexity index is 1150. The van der Waals surface area contributed by atoms with E-state index in [-0.39, 0.29) is 0 Å². The highest BCUT2D eigenvalue weighted by Crippen LogP contribution is 2.24. The Morgan fingerprint density at radius 3 is 2.26 bits per heavy atom. The zero-order valence-electron chi connectivity index (χ0n) is 18.2. The zero-order chi connectivity index (χ0) is 21.6. The van der Waals surface area contributed by atoms with Crippen LogP contribution in [-0.4, -0.2) is 14.6 Å². The summed E-state index contributed by atoms with van der Waals surface area (Å²) in [6, 6.07) is 27.6. The molecule has 0 spiro atoms. The smallest absolute Gasteiger partial charge is 0.174 e. The molecule has 0 saturated heterocycles. The molecule has 4 rings (SSSR count). The lowest BCUT2D eigenvalue weighted by Crippen LogP contribution is -2.33. The lowest BCUT2D eigenvalue weighted by Gasteiger charge is -2.26. The van der Waals surface area contributed by atoms with Crippen LogP contribution < -0.4 is 5.32 Å². The SMILES string of the molecule is CCc1ccc(NC(=S)N(Cc2ccccc2)Cc2cn(CC)c3ccccc23)cc1. The molecule has 1 N–H and O–H groups in total. The molecule has 0 aliphatic rings. The Hall–Kier alpha value is -3.11. The van der Waals surface area contributed by atoms with Gasteiger partial charge in [0.05, 0.1) is 0 Å². The summed E-state index contributed by atoms with van der Waals surface area (Å²) in [7, 11) is 0. The van der Waals surface area contributed by atoms with E-state index in [9.17, 15) is 0 Å². The highest BCUT2D eigenvalue weighted by Gasteiger charge is 2.15. The third-order valence-corrected chi connectivity index (χ3v) is 6.05. The van der Waals surface area contributed by atoms with Crippen LogP contribution in [0.25, 0.3) is 10.9 Å². The molecule has 0 bridgehead atoms. The minimum Gasteiger partial charge on any atom is -0.347 e. The fraction of sp³-hybridized carbons (Fsp3) is 0.222. The lowest BCUT2D eigenvalue weighted by atomic mass is 10.1. The summed E-state index contributed by atoms with van der Waals surface area (Å²) in [5.41, 5.74) is 6.15. The molecule has 31 heavy (non-hydrogen) atoms. The summed E-state index contributed by atoms with van der Waals surface area (Å²) in [6.07, 6.45) is 3.30. The number of nitrogens with zero attached hydrogens (tertiary/aromatic N) is 2. The summed E-state index contributed by atoms with van der Waals surface area (Å²) < 4.78 is 2.31. The van der Waals surface area contributed by atoms with E-state index in [4.69, 9.17) is 12.2 Å². The number of anilines is 1. The highest BCUT2D eigenvalue weighted by molar-refractivity contribution is 7.80. The van der Waals surface area contributed by atoms with Crippen LogP contribution >= 0.6 is 12.2 Å². The van der Waals surface area contributed by atoms with Crippen molar-refractivity contribution in [3.63, 3.8) is 0 Å². The minimum absolute atomic E-state index is 0.737. The fourth-order valence-electron chi connectivity index (χ4n) is 3.95. The molecule has 0 fully saturated rings. The molecule has 0 radical (unpaired) electrons. The van der Waals surface area contributed by atoms with Crippen molar-refractivity contribution in [2.45, 2.75) is 39.9 Å². The number of nitrogens with one attached hydrogen (secondary N) is 1. The summed E-state index contributed by atoms with van der Waals surface area (Å²) in [6.45, 7) is 6.81. The van der Waals surface area contributed by atoms with Crippen LogP contribution in [0.4, 0.5) is 5.69 Å². The number of hydrogen-bond acceptors (Lipinski definition) is 1. The molecule has 0 amide bonds. The first-order valence-corrected chi connectivity index (χ1v) is 11.3. The largest absolute Gasteiger partial charge is 0.347 e. The third-order valence-electron chi connectivity index (χ3n) is 5.69. The number of thiocarbonyl (C=S) groups is 1. The molecular weight excluding hydrogens is 398 g/mol. The van der Waals surface area contributed by atoms with Crippen LogP contribution in [0.15, 0.2) is 85.1 Å². The predicted octanol–water partition coefficient (Wildman–Crippen LogP) is 6.62. The average Bonchev–Trinajstić information content (AvgIpc) is 3.17. The van der Waals surface area contributed by atoms with Crippen LogP contribution in [-0.2, 0) is 26.1 Å². The Balaban J connectivity index is 1.62. The van der Waals surface area contributed by atoms with Gasteiger partial charge in [0.15, 0.2) is 5.11 Å². The van der Waals surface area contributed by atoms with Crippen molar-refractivity contribution in [2.75, 3.05) is 5.32 Å². The number of para-hydroxylation sites is 1. The van der Waals surface area contributed by atoms with Gasteiger partial charge >= 0.3 is 0 Å². The van der Waals surface area contributed by atoms with Gasteiger partial charge in [-0.3, -0.25) is 0 Å². The zero-order valence-corrected chi connectivity index (χ0v) is 19.0. The Labute approximate surface area is 190 Å². The summed E-state index contributed by atoms with van der Waals surface area (Å²) in [4.78, 5) is 2.25. The molecule has 3 aromatic carbocycles. The minimum atomic E-state index is 0.737. The number of aromatic nitrogens is 1. The van der Waals surface area contributed by atoms with E-state index in [0.717, 1.165) is 36.9 Å². The second-order valence-electron chi connectivity index (χ2n) is 7.78. The van der Waals surface area contributed by atoms with E-state index in [1.54, 1.807) is 0 Å². The van der Waals surface area contributed by atoms with E-state index in [0.29, 0.717) is 0 Å². The van der Waals surface area contributed by atoms with E-state index >= 15 is 0 Å². The van der Waals surface area contributed by atoms with Crippen LogP contribution in [0.2, 0.25) is 0 Å².